The van der Waals surface area contributed by atoms with Crippen molar-refractivity contribution in [1.29, 1.82) is 5.26 Å². The van der Waals surface area contributed by atoms with Crippen LogP contribution in [0.5, 0.6) is 5.88 Å². The highest BCUT2D eigenvalue weighted by Crippen LogP contribution is 2.44. The average Bonchev–Trinajstić information content (AvgIpc) is 3.56. The first-order chi connectivity index (χ1) is 14.9. The molecule has 0 radical (unpaired) electrons. The predicted octanol–water partition coefficient (Wildman–Crippen LogP) is 4.02. The molecule has 2 aromatic rings. The molecule has 0 unspecified atom stereocenters. The van der Waals surface area contributed by atoms with Crippen molar-refractivity contribution in [3.05, 3.63) is 23.7 Å². The minimum absolute atomic E-state index is 0.496. The number of hydrogen-bond acceptors (Lipinski definition) is 7. The average molecular weight is 424 g/mol. The van der Waals surface area contributed by atoms with Crippen LogP contribution >= 0.6 is 0 Å². The van der Waals surface area contributed by atoms with Crippen LogP contribution in [-0.2, 0) is 5.54 Å². The van der Waals surface area contributed by atoms with Gasteiger partial charge in [-0.1, -0.05) is 0 Å². The second-order valence-corrected chi connectivity index (χ2v) is 9.41. The van der Waals surface area contributed by atoms with E-state index in [4.69, 9.17) is 9.72 Å². The number of anilines is 2. The van der Waals surface area contributed by atoms with Crippen LogP contribution in [0.15, 0.2) is 12.4 Å². The maximum absolute atomic E-state index is 9.38. The lowest BCUT2D eigenvalue weighted by Gasteiger charge is -2.28. The summed E-state index contributed by atoms with van der Waals surface area (Å²) >= 11 is 0. The molecule has 166 valence electrons. The quantitative estimate of drug-likeness (QED) is 0.661. The van der Waals surface area contributed by atoms with Gasteiger partial charge in [-0.25, -0.2) is 4.98 Å². The lowest BCUT2D eigenvalue weighted by molar-refractivity contribution is 0.187. The molecule has 2 aliphatic rings. The summed E-state index contributed by atoms with van der Waals surface area (Å²) < 4.78 is 7.93. The van der Waals surface area contributed by atoms with Crippen LogP contribution in [0, 0.1) is 24.2 Å². The van der Waals surface area contributed by atoms with E-state index in [1.807, 2.05) is 40.2 Å². The smallest absolute Gasteiger partial charge is 0.230 e. The second kappa shape index (κ2) is 8.83. The number of nitriles is 1. The second-order valence-electron chi connectivity index (χ2n) is 9.41. The Balaban J connectivity index is 1.47. The van der Waals surface area contributed by atoms with Crippen LogP contribution < -0.4 is 15.4 Å². The maximum atomic E-state index is 9.38. The minimum atomic E-state index is -0.720. The van der Waals surface area contributed by atoms with Crippen LogP contribution in [-0.4, -0.2) is 39.4 Å². The number of nitrogens with one attached hydrogen (secondary N) is 2. The van der Waals surface area contributed by atoms with Crippen molar-refractivity contribution >= 4 is 11.6 Å². The molecule has 2 heterocycles. The highest BCUT2D eigenvalue weighted by atomic mass is 16.5. The van der Waals surface area contributed by atoms with Crippen molar-refractivity contribution in [3.8, 4) is 11.9 Å². The van der Waals surface area contributed by atoms with E-state index >= 15 is 0 Å². The van der Waals surface area contributed by atoms with E-state index in [1.54, 1.807) is 4.68 Å². The number of ether oxygens (including phenoxy) is 1. The molecule has 0 bridgehead atoms. The van der Waals surface area contributed by atoms with Crippen LogP contribution in [0.1, 0.15) is 69.5 Å². The van der Waals surface area contributed by atoms with Crippen LogP contribution in [0.25, 0.3) is 0 Å². The Bertz CT molecular complexity index is 949. The van der Waals surface area contributed by atoms with E-state index in [1.165, 1.54) is 38.5 Å². The number of aryl methyl sites for hydroxylation is 1. The lowest BCUT2D eigenvalue weighted by atomic mass is 9.87. The molecule has 2 N–H and O–H groups in total. The van der Waals surface area contributed by atoms with Gasteiger partial charge in [-0.15, -0.1) is 0 Å². The number of aromatic nitrogens is 4. The SMILES string of the molecule is CN[C@H]1CC[C@H](COc2nc(Nc3cn(C(C)(C)C#N)nc3C)ncc2C2CC2)CC1. The highest BCUT2D eigenvalue weighted by Gasteiger charge is 2.29. The Morgan fingerprint density at radius 1 is 1.23 bits per heavy atom. The van der Waals surface area contributed by atoms with Gasteiger partial charge in [0.1, 0.15) is 5.54 Å². The van der Waals surface area contributed by atoms with Gasteiger partial charge in [0.25, 0.3) is 0 Å². The third-order valence-corrected chi connectivity index (χ3v) is 6.50. The molecule has 2 aromatic heterocycles. The predicted molar refractivity (Wildman–Crippen MR) is 119 cm³/mol. The Hall–Kier alpha value is -2.66. The summed E-state index contributed by atoms with van der Waals surface area (Å²) in [4.78, 5) is 9.25. The normalized spacial score (nSPS) is 21.5. The van der Waals surface area contributed by atoms with Gasteiger partial charge in [-0.2, -0.15) is 15.3 Å². The molecule has 0 amide bonds. The first kappa shape index (κ1) is 21.6. The van der Waals surface area contributed by atoms with Crippen molar-refractivity contribution in [2.45, 2.75) is 76.8 Å². The molecule has 2 aliphatic carbocycles. The third kappa shape index (κ3) is 4.99. The Kier molecular flexibility index (Phi) is 6.15. The zero-order valence-electron chi connectivity index (χ0n) is 19.0. The van der Waals surface area contributed by atoms with Gasteiger partial charge >= 0.3 is 0 Å². The van der Waals surface area contributed by atoms with Gasteiger partial charge in [0.2, 0.25) is 11.8 Å². The van der Waals surface area contributed by atoms with Crippen molar-refractivity contribution in [3.63, 3.8) is 0 Å². The van der Waals surface area contributed by atoms with E-state index in [2.05, 4.69) is 26.8 Å². The van der Waals surface area contributed by atoms with Crippen molar-refractivity contribution in [2.24, 2.45) is 5.92 Å². The van der Waals surface area contributed by atoms with E-state index in [-0.39, 0.29) is 0 Å². The van der Waals surface area contributed by atoms with E-state index in [0.29, 0.717) is 36.3 Å². The maximum Gasteiger partial charge on any atom is 0.230 e. The first-order valence-corrected chi connectivity index (χ1v) is 11.3. The van der Waals surface area contributed by atoms with Gasteiger partial charge in [0.05, 0.1) is 30.3 Å². The fraction of sp³-hybridized carbons (Fsp3) is 0.652. The van der Waals surface area contributed by atoms with Gasteiger partial charge in [0.15, 0.2) is 0 Å². The van der Waals surface area contributed by atoms with Crippen LogP contribution in [0.3, 0.4) is 0 Å². The molecule has 0 aromatic carbocycles. The number of hydrogen-bond donors (Lipinski definition) is 2. The van der Waals surface area contributed by atoms with Crippen LogP contribution in [0.2, 0.25) is 0 Å². The summed E-state index contributed by atoms with van der Waals surface area (Å²) in [5.74, 6) is 2.30. The monoisotopic (exact) mass is 423 g/mol. The van der Waals surface area contributed by atoms with Gasteiger partial charge < -0.3 is 15.4 Å². The van der Waals surface area contributed by atoms with Gasteiger partial charge in [-0.05, 0) is 78.2 Å². The fourth-order valence-electron chi connectivity index (χ4n) is 4.08. The zero-order valence-corrected chi connectivity index (χ0v) is 19.0. The van der Waals surface area contributed by atoms with Crippen molar-refractivity contribution in [1.82, 2.24) is 25.1 Å². The molecule has 2 fully saturated rings. The fourth-order valence-corrected chi connectivity index (χ4v) is 4.08. The Morgan fingerprint density at radius 2 is 1.97 bits per heavy atom. The summed E-state index contributed by atoms with van der Waals surface area (Å²) in [6.07, 6.45) is 10.9. The topological polar surface area (TPSA) is 101 Å². The van der Waals surface area contributed by atoms with Gasteiger partial charge in [0, 0.05) is 17.8 Å². The molecular weight excluding hydrogens is 390 g/mol. The summed E-state index contributed by atoms with van der Waals surface area (Å²) in [7, 11) is 2.05. The third-order valence-electron chi connectivity index (χ3n) is 6.50. The molecule has 4 rings (SSSR count). The van der Waals surface area contributed by atoms with Gasteiger partial charge in [-0.3, -0.25) is 4.68 Å². The highest BCUT2D eigenvalue weighted by molar-refractivity contribution is 5.56. The number of nitrogens with zero attached hydrogens (tertiary/aromatic N) is 5. The molecule has 8 nitrogen and oxygen atoms in total. The Morgan fingerprint density at radius 3 is 2.61 bits per heavy atom. The van der Waals surface area contributed by atoms with Crippen molar-refractivity contribution in [2.75, 3.05) is 19.0 Å². The van der Waals surface area contributed by atoms with E-state index in [0.717, 1.165) is 16.9 Å². The summed E-state index contributed by atoms with van der Waals surface area (Å²) in [5, 5.41) is 20.5. The molecule has 2 saturated carbocycles. The Labute approximate surface area is 184 Å². The molecule has 0 saturated heterocycles. The molecular formula is C23H33N7O. The molecule has 8 heteroatoms. The summed E-state index contributed by atoms with van der Waals surface area (Å²) in [6, 6.07) is 2.91. The molecule has 0 atom stereocenters. The van der Waals surface area contributed by atoms with Crippen LogP contribution in [0.4, 0.5) is 11.6 Å². The lowest BCUT2D eigenvalue weighted by Crippen LogP contribution is -2.31. The number of rotatable bonds is 8. The summed E-state index contributed by atoms with van der Waals surface area (Å²) in [5.41, 5.74) is 1.98. The van der Waals surface area contributed by atoms with E-state index < -0.39 is 5.54 Å². The zero-order chi connectivity index (χ0) is 22.0. The van der Waals surface area contributed by atoms with E-state index in [9.17, 15) is 5.26 Å². The molecule has 0 spiro atoms. The minimum Gasteiger partial charge on any atom is -0.477 e. The largest absolute Gasteiger partial charge is 0.477 e. The summed E-state index contributed by atoms with van der Waals surface area (Å²) in [6.45, 7) is 6.28. The first-order valence-electron chi connectivity index (χ1n) is 11.3. The standard InChI is InChI=1S/C23H33N7O/c1-15-20(12-30(29-15)23(2,3)14-24)27-22-26-11-19(17-7-8-17)21(28-22)31-13-16-5-9-18(25-4)10-6-16/h11-12,16-18,25H,5-10,13H2,1-4H3,(H,26,27,28)/t16-,18-. The molecule has 0 aliphatic heterocycles. The molecule has 31 heavy (non-hydrogen) atoms. The van der Waals surface area contributed by atoms with Crippen molar-refractivity contribution < 1.29 is 4.74 Å².